The summed E-state index contributed by atoms with van der Waals surface area (Å²) in [4.78, 5) is 24.5. The predicted molar refractivity (Wildman–Crippen MR) is 333 cm³/mol. The number of aliphatic hydroxyl groups excluding tert-OH is 2. The summed E-state index contributed by atoms with van der Waals surface area (Å²) >= 11 is 0. The summed E-state index contributed by atoms with van der Waals surface area (Å²) in [6.45, 7) is 4.91. The number of aliphatic hydroxyl groups is 2. The molecule has 0 fully saturated rings. The van der Waals surface area contributed by atoms with Crippen LogP contribution in [0.15, 0.2) is 48.6 Å². The predicted octanol–water partition coefficient (Wildman–Crippen LogP) is 21.7. The number of allylic oxidation sites excluding steroid dienone is 8. The van der Waals surface area contributed by atoms with Crippen LogP contribution in [-0.2, 0) is 14.3 Å². The summed E-state index contributed by atoms with van der Waals surface area (Å²) < 4.78 is 5.48. The van der Waals surface area contributed by atoms with Gasteiger partial charge >= 0.3 is 5.97 Å². The average Bonchev–Trinajstić information content (AvgIpc) is 3.42. The van der Waals surface area contributed by atoms with Crippen molar-refractivity contribution in [3.8, 4) is 0 Å². The van der Waals surface area contributed by atoms with Crippen LogP contribution >= 0.6 is 0 Å². The molecule has 0 rings (SSSR count). The Labute approximate surface area is 474 Å². The molecule has 0 saturated heterocycles. The molecular formula is C70H131NO5. The number of carbonyl (C=O) groups is 2. The highest BCUT2D eigenvalue weighted by Gasteiger charge is 2.20. The molecule has 0 bridgehead atoms. The Morgan fingerprint density at radius 1 is 0.368 bits per heavy atom. The lowest BCUT2D eigenvalue weighted by Gasteiger charge is -2.22. The zero-order valence-corrected chi connectivity index (χ0v) is 51.0. The number of esters is 1. The summed E-state index contributed by atoms with van der Waals surface area (Å²) in [5.74, 6) is -0.0315. The number of carbonyl (C=O) groups excluding carboxylic acids is 2. The maximum absolute atomic E-state index is 12.4. The molecule has 76 heavy (non-hydrogen) atoms. The van der Waals surface area contributed by atoms with Crippen molar-refractivity contribution in [3.63, 3.8) is 0 Å². The van der Waals surface area contributed by atoms with E-state index < -0.39 is 12.1 Å². The lowest BCUT2D eigenvalue weighted by molar-refractivity contribution is -0.143. The highest BCUT2D eigenvalue weighted by molar-refractivity contribution is 5.76. The van der Waals surface area contributed by atoms with Gasteiger partial charge in [0.1, 0.15) is 0 Å². The lowest BCUT2D eigenvalue weighted by atomic mass is 10.0. The number of hydrogen-bond acceptors (Lipinski definition) is 5. The van der Waals surface area contributed by atoms with E-state index in [1.54, 1.807) is 0 Å². The minimum atomic E-state index is -0.661. The van der Waals surface area contributed by atoms with Crippen LogP contribution in [0.4, 0.5) is 0 Å². The van der Waals surface area contributed by atoms with Crippen molar-refractivity contribution in [3.05, 3.63) is 48.6 Å². The molecule has 0 aliphatic heterocycles. The molecule has 0 heterocycles. The highest BCUT2D eigenvalue weighted by Crippen LogP contribution is 2.18. The zero-order chi connectivity index (χ0) is 55.0. The monoisotopic (exact) mass is 1070 g/mol. The quantitative estimate of drug-likeness (QED) is 0.0320. The Morgan fingerprint density at radius 3 is 1.04 bits per heavy atom. The number of rotatable bonds is 63. The summed E-state index contributed by atoms with van der Waals surface area (Å²) in [6.07, 6.45) is 84.5. The molecule has 0 saturated carbocycles. The van der Waals surface area contributed by atoms with Crippen molar-refractivity contribution in [2.24, 2.45) is 0 Å². The summed E-state index contributed by atoms with van der Waals surface area (Å²) in [5, 5.41) is 23.2. The van der Waals surface area contributed by atoms with Gasteiger partial charge in [-0.25, -0.2) is 0 Å². The van der Waals surface area contributed by atoms with Gasteiger partial charge in [-0.3, -0.25) is 9.59 Å². The largest absolute Gasteiger partial charge is 0.466 e. The second-order valence-corrected chi connectivity index (χ2v) is 23.1. The molecule has 6 heteroatoms. The maximum atomic E-state index is 12.4. The van der Waals surface area contributed by atoms with E-state index >= 15 is 0 Å². The second-order valence-electron chi connectivity index (χ2n) is 23.1. The molecule has 0 spiro atoms. The SMILES string of the molecule is CCCC/C=C\C/C=C\CCCCCCCC(=O)OCCCCCCCCCCCCC/C=C\C/C=C\CCCCCCCCCCCCCCCCCCCC(=O)NC(CO)C(O)CCCCCCCCCCCC. The number of unbranched alkanes of at least 4 members (excludes halogenated alkanes) is 44. The van der Waals surface area contributed by atoms with Crippen LogP contribution in [0.2, 0.25) is 0 Å². The van der Waals surface area contributed by atoms with Crippen LogP contribution in [-0.4, -0.2) is 47.4 Å². The standard InChI is InChI=1S/C70H131NO5/c1-3-5-7-9-11-13-15-16-41-44-48-52-56-60-64-70(75)76-65-61-57-53-49-45-42-39-37-35-33-31-29-27-25-23-21-19-17-18-20-22-24-26-28-30-32-34-36-38-40-43-47-51-55-59-63-69(74)71-67(66-72)68(73)62-58-54-50-46-14-12-10-8-6-4-2/h9,11,15-16,19,21,25,27,67-68,72-73H,3-8,10,12-14,17-18,20,22-24,26,28-66H2,1-2H3,(H,71,74)/b11-9-,16-15-,21-19-,27-25-. The molecule has 3 N–H and O–H groups in total. The third-order valence-electron chi connectivity index (χ3n) is 15.6. The molecule has 2 unspecified atom stereocenters. The van der Waals surface area contributed by atoms with Gasteiger partial charge in [-0.2, -0.15) is 0 Å². The Hall–Kier alpha value is -2.18. The first-order valence-corrected chi connectivity index (χ1v) is 33.9. The minimum Gasteiger partial charge on any atom is -0.466 e. The number of hydrogen-bond donors (Lipinski definition) is 3. The van der Waals surface area contributed by atoms with Crippen LogP contribution in [0.25, 0.3) is 0 Å². The highest BCUT2D eigenvalue weighted by atomic mass is 16.5. The molecule has 0 aromatic carbocycles. The van der Waals surface area contributed by atoms with Gasteiger partial charge in [-0.15, -0.1) is 0 Å². The van der Waals surface area contributed by atoms with Crippen LogP contribution < -0.4 is 5.32 Å². The van der Waals surface area contributed by atoms with Gasteiger partial charge in [-0.05, 0) is 83.5 Å². The van der Waals surface area contributed by atoms with E-state index in [1.807, 2.05) is 0 Å². The summed E-state index contributed by atoms with van der Waals surface area (Å²) in [6, 6.07) is -0.538. The second kappa shape index (κ2) is 65.3. The minimum absolute atomic E-state index is 0.00190. The fourth-order valence-corrected chi connectivity index (χ4v) is 10.4. The Morgan fingerprint density at radius 2 is 0.671 bits per heavy atom. The van der Waals surface area contributed by atoms with Gasteiger partial charge in [0, 0.05) is 12.8 Å². The molecular weight excluding hydrogens is 935 g/mol. The van der Waals surface area contributed by atoms with Crippen molar-refractivity contribution in [2.75, 3.05) is 13.2 Å². The first kappa shape index (κ1) is 73.8. The fourth-order valence-electron chi connectivity index (χ4n) is 10.4. The van der Waals surface area contributed by atoms with Crippen LogP contribution in [0.5, 0.6) is 0 Å². The van der Waals surface area contributed by atoms with Crippen LogP contribution in [0, 0.1) is 0 Å². The molecule has 446 valence electrons. The summed E-state index contributed by atoms with van der Waals surface area (Å²) in [7, 11) is 0. The van der Waals surface area contributed by atoms with E-state index in [1.165, 1.54) is 270 Å². The topological polar surface area (TPSA) is 95.9 Å². The molecule has 1 amide bonds. The fraction of sp³-hybridized carbons (Fsp3) is 0.857. The van der Waals surface area contributed by atoms with Gasteiger partial charge in [0.2, 0.25) is 5.91 Å². The van der Waals surface area contributed by atoms with E-state index in [9.17, 15) is 19.8 Å². The van der Waals surface area contributed by atoms with Crippen molar-refractivity contribution < 1.29 is 24.5 Å². The third kappa shape index (κ3) is 61.0. The maximum Gasteiger partial charge on any atom is 0.305 e. The van der Waals surface area contributed by atoms with Gasteiger partial charge in [0.15, 0.2) is 0 Å². The number of amides is 1. The number of ether oxygens (including phenoxy) is 1. The van der Waals surface area contributed by atoms with E-state index in [0.29, 0.717) is 25.9 Å². The molecule has 0 aromatic rings. The van der Waals surface area contributed by atoms with Crippen LogP contribution in [0.1, 0.15) is 361 Å². The normalized spacial score (nSPS) is 12.8. The van der Waals surface area contributed by atoms with Gasteiger partial charge in [0.25, 0.3) is 0 Å². The first-order chi connectivity index (χ1) is 37.5. The van der Waals surface area contributed by atoms with Crippen LogP contribution in [0.3, 0.4) is 0 Å². The number of nitrogens with one attached hydrogen (secondary N) is 1. The Kier molecular flexibility index (Phi) is 63.5. The molecule has 6 nitrogen and oxygen atoms in total. The third-order valence-corrected chi connectivity index (χ3v) is 15.6. The van der Waals surface area contributed by atoms with E-state index in [4.69, 9.17) is 4.74 Å². The average molecular weight is 1070 g/mol. The van der Waals surface area contributed by atoms with Crippen molar-refractivity contribution in [1.29, 1.82) is 0 Å². The van der Waals surface area contributed by atoms with Gasteiger partial charge in [-0.1, -0.05) is 313 Å². The lowest BCUT2D eigenvalue weighted by Crippen LogP contribution is -2.45. The first-order valence-electron chi connectivity index (χ1n) is 33.9. The molecule has 0 radical (unpaired) electrons. The van der Waals surface area contributed by atoms with Crippen molar-refractivity contribution in [2.45, 2.75) is 373 Å². The molecule has 0 aromatic heterocycles. The molecule has 0 aliphatic carbocycles. The molecule has 2 atom stereocenters. The van der Waals surface area contributed by atoms with Gasteiger partial charge in [0.05, 0.1) is 25.4 Å². The smallest absolute Gasteiger partial charge is 0.305 e. The van der Waals surface area contributed by atoms with E-state index in [-0.39, 0.29) is 18.5 Å². The van der Waals surface area contributed by atoms with Crippen molar-refractivity contribution in [1.82, 2.24) is 5.32 Å². The Balaban J connectivity index is 3.35. The summed E-state index contributed by atoms with van der Waals surface area (Å²) in [5.41, 5.74) is 0. The van der Waals surface area contributed by atoms with Gasteiger partial charge < -0.3 is 20.3 Å². The van der Waals surface area contributed by atoms with Crippen molar-refractivity contribution >= 4 is 11.9 Å². The molecule has 0 aliphatic rings. The zero-order valence-electron chi connectivity index (χ0n) is 51.0. The van der Waals surface area contributed by atoms with E-state index in [2.05, 4.69) is 67.8 Å². The Bertz CT molecular complexity index is 1270. The van der Waals surface area contributed by atoms with E-state index in [0.717, 1.165) is 57.8 Å².